The van der Waals surface area contributed by atoms with Gasteiger partial charge in [-0.3, -0.25) is 4.79 Å². The van der Waals surface area contributed by atoms with E-state index >= 15 is 0 Å². The Morgan fingerprint density at radius 1 is 1.12 bits per heavy atom. The smallest absolute Gasteiger partial charge is 0.256 e. The van der Waals surface area contributed by atoms with Crippen LogP contribution in [0.5, 0.6) is 0 Å². The lowest BCUT2D eigenvalue weighted by Crippen LogP contribution is -2.20. The van der Waals surface area contributed by atoms with Gasteiger partial charge >= 0.3 is 0 Å². The minimum atomic E-state index is 0.00741. The van der Waals surface area contributed by atoms with Crippen molar-refractivity contribution in [3.63, 3.8) is 0 Å². The van der Waals surface area contributed by atoms with E-state index in [9.17, 15) is 4.79 Å². The Labute approximate surface area is 153 Å². The van der Waals surface area contributed by atoms with E-state index in [1.54, 1.807) is 0 Å². The topological polar surface area (TPSA) is 29.1 Å². The number of benzene rings is 3. The van der Waals surface area contributed by atoms with E-state index in [2.05, 4.69) is 42.6 Å². The first-order valence-electron chi connectivity index (χ1n) is 9.34. The molecule has 1 N–H and O–H groups in total. The Morgan fingerprint density at radius 2 is 1.96 bits per heavy atom. The molecule has 128 valence electrons. The lowest BCUT2D eigenvalue weighted by Gasteiger charge is -2.31. The number of carbonyl (C=O) groups excluding carboxylic acids is 1. The van der Waals surface area contributed by atoms with Gasteiger partial charge in [0.05, 0.1) is 0 Å². The number of anilines is 1. The summed E-state index contributed by atoms with van der Waals surface area (Å²) in [6.45, 7) is 2.06. The standard InChI is InChI=1S/C24H21NO/c1-15-14-18-11-10-16-6-5-7-17-12-13-20(23(18)22(16)17)21(15)24(26)25-19-8-3-2-4-9-19/h2-6,8-11,14,17H,7,12-13H2,1H3,(H,25,26). The molecular weight excluding hydrogens is 318 g/mol. The van der Waals surface area contributed by atoms with Crippen molar-refractivity contribution in [1.29, 1.82) is 0 Å². The molecule has 0 saturated heterocycles. The molecule has 0 bridgehead atoms. The van der Waals surface area contributed by atoms with Crippen molar-refractivity contribution in [2.45, 2.75) is 32.1 Å². The molecule has 5 rings (SSSR count). The fraction of sp³-hybridized carbons (Fsp3) is 0.208. The average Bonchev–Trinajstić information content (AvgIpc) is 2.66. The Hall–Kier alpha value is -2.87. The summed E-state index contributed by atoms with van der Waals surface area (Å²) < 4.78 is 0. The Morgan fingerprint density at radius 3 is 2.81 bits per heavy atom. The SMILES string of the molecule is Cc1cc2ccc3c4c2c(c1C(=O)Nc1ccccc1)CCC4CC=C3. The molecule has 3 aromatic rings. The second-order valence-electron chi connectivity index (χ2n) is 7.41. The summed E-state index contributed by atoms with van der Waals surface area (Å²) in [4.78, 5) is 13.1. The van der Waals surface area contributed by atoms with E-state index in [-0.39, 0.29) is 5.91 Å². The highest BCUT2D eigenvalue weighted by molar-refractivity contribution is 6.10. The van der Waals surface area contributed by atoms with Crippen molar-refractivity contribution in [2.24, 2.45) is 0 Å². The van der Waals surface area contributed by atoms with Crippen LogP contribution in [0, 0.1) is 6.92 Å². The van der Waals surface area contributed by atoms with Crippen LogP contribution in [0.3, 0.4) is 0 Å². The lowest BCUT2D eigenvalue weighted by molar-refractivity contribution is 0.102. The summed E-state index contributed by atoms with van der Waals surface area (Å²) in [5.41, 5.74) is 6.79. The van der Waals surface area contributed by atoms with Gasteiger partial charge < -0.3 is 5.32 Å². The summed E-state index contributed by atoms with van der Waals surface area (Å²) in [5, 5.41) is 5.68. The summed E-state index contributed by atoms with van der Waals surface area (Å²) in [6.07, 6.45) is 7.75. The third-order valence-electron chi connectivity index (χ3n) is 5.81. The van der Waals surface area contributed by atoms with Gasteiger partial charge in [0, 0.05) is 11.3 Å². The van der Waals surface area contributed by atoms with Gasteiger partial charge in [-0.2, -0.15) is 0 Å². The number of amides is 1. The van der Waals surface area contributed by atoms with Crippen LogP contribution < -0.4 is 5.32 Å². The maximum atomic E-state index is 13.1. The van der Waals surface area contributed by atoms with Crippen molar-refractivity contribution in [1.82, 2.24) is 0 Å². The Balaban J connectivity index is 1.71. The number of carbonyl (C=O) groups is 1. The summed E-state index contributed by atoms with van der Waals surface area (Å²) in [6, 6.07) is 16.3. The summed E-state index contributed by atoms with van der Waals surface area (Å²) in [5.74, 6) is 0.604. The Kier molecular flexibility index (Phi) is 3.46. The van der Waals surface area contributed by atoms with Gasteiger partial charge in [-0.05, 0) is 77.3 Å². The van der Waals surface area contributed by atoms with E-state index in [1.807, 2.05) is 30.3 Å². The lowest BCUT2D eigenvalue weighted by atomic mass is 9.73. The van der Waals surface area contributed by atoms with Gasteiger partial charge in [0.1, 0.15) is 0 Å². The highest BCUT2D eigenvalue weighted by atomic mass is 16.1. The predicted molar refractivity (Wildman–Crippen MR) is 108 cm³/mol. The molecular formula is C24H21NO. The molecule has 2 nitrogen and oxygen atoms in total. The zero-order chi connectivity index (χ0) is 17.7. The fourth-order valence-electron chi connectivity index (χ4n) is 4.70. The van der Waals surface area contributed by atoms with E-state index < -0.39 is 0 Å². The van der Waals surface area contributed by atoms with E-state index in [1.165, 1.54) is 27.5 Å². The molecule has 0 aliphatic heterocycles. The van der Waals surface area contributed by atoms with Crippen molar-refractivity contribution in [2.75, 3.05) is 5.32 Å². The van der Waals surface area contributed by atoms with Crippen LogP contribution in [-0.2, 0) is 6.42 Å². The second kappa shape index (κ2) is 5.84. The zero-order valence-corrected chi connectivity index (χ0v) is 14.9. The maximum Gasteiger partial charge on any atom is 0.256 e. The molecule has 1 amide bonds. The molecule has 2 aliphatic carbocycles. The van der Waals surface area contributed by atoms with Gasteiger partial charge in [-0.25, -0.2) is 0 Å². The predicted octanol–water partition coefficient (Wildman–Crippen LogP) is 5.85. The van der Waals surface area contributed by atoms with Crippen LogP contribution in [-0.4, -0.2) is 5.91 Å². The van der Waals surface area contributed by atoms with Crippen LogP contribution in [0.1, 0.15) is 51.4 Å². The fourth-order valence-corrected chi connectivity index (χ4v) is 4.70. The first-order valence-corrected chi connectivity index (χ1v) is 9.34. The number of hydrogen-bond donors (Lipinski definition) is 1. The largest absolute Gasteiger partial charge is 0.322 e. The molecule has 0 spiro atoms. The summed E-state index contributed by atoms with van der Waals surface area (Å²) >= 11 is 0. The van der Waals surface area contributed by atoms with Crippen LogP contribution >= 0.6 is 0 Å². The Bertz CT molecular complexity index is 1060. The van der Waals surface area contributed by atoms with Crippen molar-refractivity contribution < 1.29 is 4.79 Å². The zero-order valence-electron chi connectivity index (χ0n) is 14.9. The van der Waals surface area contributed by atoms with Crippen LogP contribution in [0.2, 0.25) is 0 Å². The van der Waals surface area contributed by atoms with Gasteiger partial charge in [0.15, 0.2) is 0 Å². The number of aryl methyl sites for hydroxylation is 2. The monoisotopic (exact) mass is 339 g/mol. The molecule has 3 aromatic carbocycles. The third kappa shape index (κ3) is 2.29. The molecule has 0 heterocycles. The minimum absolute atomic E-state index is 0.00741. The van der Waals surface area contributed by atoms with E-state index in [0.717, 1.165) is 36.1 Å². The normalized spacial score (nSPS) is 17.3. The summed E-state index contributed by atoms with van der Waals surface area (Å²) in [7, 11) is 0. The molecule has 0 radical (unpaired) electrons. The maximum absolute atomic E-state index is 13.1. The number of para-hydroxylation sites is 1. The molecule has 1 unspecified atom stereocenters. The van der Waals surface area contributed by atoms with Gasteiger partial charge in [0.2, 0.25) is 0 Å². The highest BCUT2D eigenvalue weighted by Gasteiger charge is 2.29. The molecule has 0 fully saturated rings. The van der Waals surface area contributed by atoms with Gasteiger partial charge in [-0.1, -0.05) is 48.6 Å². The average molecular weight is 339 g/mol. The second-order valence-corrected chi connectivity index (χ2v) is 7.41. The van der Waals surface area contributed by atoms with E-state index in [0.29, 0.717) is 5.92 Å². The molecule has 2 heteroatoms. The van der Waals surface area contributed by atoms with Crippen molar-refractivity contribution >= 4 is 28.4 Å². The van der Waals surface area contributed by atoms with Gasteiger partial charge in [-0.15, -0.1) is 0 Å². The number of allylic oxidation sites excluding steroid dienone is 1. The molecule has 2 aliphatic rings. The van der Waals surface area contributed by atoms with Crippen LogP contribution in [0.25, 0.3) is 16.8 Å². The molecule has 1 atom stereocenters. The quantitative estimate of drug-likeness (QED) is 0.623. The third-order valence-corrected chi connectivity index (χ3v) is 5.81. The molecule has 0 saturated carbocycles. The first kappa shape index (κ1) is 15.4. The first-order chi connectivity index (χ1) is 12.7. The van der Waals surface area contributed by atoms with E-state index in [4.69, 9.17) is 0 Å². The van der Waals surface area contributed by atoms with Crippen LogP contribution in [0.4, 0.5) is 5.69 Å². The highest BCUT2D eigenvalue weighted by Crippen LogP contribution is 2.45. The van der Waals surface area contributed by atoms with Crippen molar-refractivity contribution in [3.8, 4) is 0 Å². The van der Waals surface area contributed by atoms with Gasteiger partial charge in [0.25, 0.3) is 5.91 Å². The number of rotatable bonds is 2. The molecule has 26 heavy (non-hydrogen) atoms. The van der Waals surface area contributed by atoms with Crippen LogP contribution in [0.15, 0.2) is 54.6 Å². The number of hydrogen-bond acceptors (Lipinski definition) is 1. The van der Waals surface area contributed by atoms with Crippen molar-refractivity contribution in [3.05, 3.63) is 82.4 Å². The molecule has 0 aromatic heterocycles. The minimum Gasteiger partial charge on any atom is -0.322 e. The number of nitrogens with one attached hydrogen (secondary N) is 1.